The van der Waals surface area contributed by atoms with Crippen LogP contribution >= 0.6 is 0 Å². The lowest BCUT2D eigenvalue weighted by Crippen LogP contribution is -2.18. The normalized spacial score (nSPS) is 11.3. The van der Waals surface area contributed by atoms with Crippen LogP contribution in [0.3, 0.4) is 0 Å². The van der Waals surface area contributed by atoms with Gasteiger partial charge in [0.25, 0.3) is 5.91 Å². The Morgan fingerprint density at radius 1 is 1.09 bits per heavy atom. The van der Waals surface area contributed by atoms with E-state index in [4.69, 9.17) is 0 Å². The molecule has 5 aromatic rings. The van der Waals surface area contributed by atoms with E-state index in [0.29, 0.717) is 16.9 Å². The Hall–Kier alpha value is -4.79. The highest BCUT2D eigenvalue weighted by atomic mass is 19.1. The Kier molecular flexibility index (Phi) is 5.80. The summed E-state index contributed by atoms with van der Waals surface area (Å²) in [7, 11) is 1.67. The molecule has 0 spiro atoms. The first-order valence-electron chi connectivity index (χ1n) is 10.9. The fraction of sp³-hybridized carbons (Fsp3) is 0.0769. The van der Waals surface area contributed by atoms with Crippen molar-refractivity contribution in [2.75, 3.05) is 10.6 Å². The van der Waals surface area contributed by atoms with E-state index < -0.39 is 11.7 Å². The molecule has 8 nitrogen and oxygen atoms in total. The third kappa shape index (κ3) is 4.65. The summed E-state index contributed by atoms with van der Waals surface area (Å²) in [4.78, 5) is 16.9. The van der Waals surface area contributed by atoms with Crippen molar-refractivity contribution < 1.29 is 9.18 Å². The molecule has 2 aromatic carbocycles. The fourth-order valence-electron chi connectivity index (χ4n) is 3.80. The summed E-state index contributed by atoms with van der Waals surface area (Å²) in [5.41, 5.74) is 5.06. The molecule has 0 unspecified atom stereocenters. The zero-order chi connectivity index (χ0) is 24.4. The van der Waals surface area contributed by atoms with Crippen molar-refractivity contribution in [2.24, 2.45) is 7.05 Å². The molecule has 0 aliphatic heterocycles. The Morgan fingerprint density at radius 3 is 2.69 bits per heavy atom. The van der Waals surface area contributed by atoms with Crippen LogP contribution in [0.1, 0.15) is 27.4 Å². The summed E-state index contributed by atoms with van der Waals surface area (Å²) in [6, 6.07) is 16.0. The Morgan fingerprint density at radius 2 is 1.91 bits per heavy atom. The number of carbonyl (C=O) groups excluding carboxylic acids is 1. The zero-order valence-corrected chi connectivity index (χ0v) is 19.1. The lowest BCUT2D eigenvalue weighted by Gasteiger charge is -2.11. The lowest BCUT2D eigenvalue weighted by atomic mass is 10.1. The third-order valence-electron chi connectivity index (χ3n) is 5.53. The minimum atomic E-state index is -0.530. The number of hydrogen-bond acceptors (Lipinski definition) is 5. The number of aryl methyl sites for hydroxylation is 2. The van der Waals surface area contributed by atoms with Crippen molar-refractivity contribution in [1.82, 2.24) is 25.0 Å². The van der Waals surface area contributed by atoms with Gasteiger partial charge in [0.05, 0.1) is 28.8 Å². The number of fused-ring (bicyclic) bond motifs is 1. The van der Waals surface area contributed by atoms with E-state index in [1.54, 1.807) is 38.5 Å². The first-order chi connectivity index (χ1) is 17.0. The van der Waals surface area contributed by atoms with Crippen LogP contribution in [0.15, 0.2) is 67.0 Å². The molecule has 0 radical (unpaired) electrons. The van der Waals surface area contributed by atoms with Crippen LogP contribution in [0.5, 0.6) is 0 Å². The van der Waals surface area contributed by atoms with E-state index in [-0.39, 0.29) is 5.69 Å². The summed E-state index contributed by atoms with van der Waals surface area (Å²) >= 11 is 0. The zero-order valence-electron chi connectivity index (χ0n) is 19.1. The number of aromatic nitrogens is 5. The van der Waals surface area contributed by atoms with Gasteiger partial charge in [0.15, 0.2) is 0 Å². The van der Waals surface area contributed by atoms with Crippen molar-refractivity contribution >= 4 is 46.0 Å². The van der Waals surface area contributed by atoms with Crippen LogP contribution in [0.2, 0.25) is 0 Å². The lowest BCUT2D eigenvalue weighted by molar-refractivity contribution is 0.101. The predicted molar refractivity (Wildman–Crippen MR) is 135 cm³/mol. The van der Waals surface area contributed by atoms with Crippen LogP contribution in [-0.4, -0.2) is 30.9 Å². The van der Waals surface area contributed by atoms with Gasteiger partial charge in [-0.25, -0.2) is 4.39 Å². The molecule has 0 saturated carbocycles. The van der Waals surface area contributed by atoms with Gasteiger partial charge in [-0.05, 0) is 73.2 Å². The number of amides is 1. The van der Waals surface area contributed by atoms with Crippen molar-refractivity contribution in [3.05, 3.63) is 95.5 Å². The third-order valence-corrected chi connectivity index (χ3v) is 5.53. The first-order valence-corrected chi connectivity index (χ1v) is 10.9. The number of carbonyl (C=O) groups is 1. The number of nitrogens with zero attached hydrogens (tertiary/aromatic N) is 4. The topological polar surface area (TPSA) is 101 Å². The molecule has 0 saturated heterocycles. The largest absolute Gasteiger partial charge is 0.355 e. The Bertz CT molecular complexity index is 1530. The van der Waals surface area contributed by atoms with Crippen LogP contribution in [0.25, 0.3) is 23.1 Å². The fourth-order valence-corrected chi connectivity index (χ4v) is 3.80. The molecule has 5 rings (SSSR count). The predicted octanol–water partition coefficient (Wildman–Crippen LogP) is 5.31. The Labute approximate surface area is 200 Å². The average Bonchev–Trinajstić information content (AvgIpc) is 3.42. The second kappa shape index (κ2) is 9.22. The standard InChI is InChI=1S/C26H22FN7O/c1-16-15-29-34(2)25(16)26(35)31-24-14-19(7-10-21(24)27)30-18-6-9-20-22(32-33-23(20)13-18)11-8-17-5-3-4-12-28-17/h3-15,30H,1-2H3,(H,31,35)(H,32,33)/b11-8+. The number of anilines is 3. The number of nitrogens with one attached hydrogen (secondary N) is 3. The molecular formula is C26H22FN7O. The highest BCUT2D eigenvalue weighted by Crippen LogP contribution is 2.27. The maximum absolute atomic E-state index is 14.4. The summed E-state index contributed by atoms with van der Waals surface area (Å²) in [5, 5.41) is 18.3. The van der Waals surface area contributed by atoms with Crippen LogP contribution in [0, 0.1) is 12.7 Å². The van der Waals surface area contributed by atoms with Gasteiger partial charge in [-0.15, -0.1) is 0 Å². The van der Waals surface area contributed by atoms with Gasteiger partial charge < -0.3 is 10.6 Å². The summed E-state index contributed by atoms with van der Waals surface area (Å²) in [5.74, 6) is -0.958. The summed E-state index contributed by atoms with van der Waals surface area (Å²) in [6.07, 6.45) is 7.15. The van der Waals surface area contributed by atoms with E-state index in [0.717, 1.165) is 28.0 Å². The number of benzene rings is 2. The second-order valence-corrected chi connectivity index (χ2v) is 8.03. The molecule has 0 fully saturated rings. The molecule has 0 aliphatic rings. The van der Waals surface area contributed by atoms with Gasteiger partial charge in [0.1, 0.15) is 11.5 Å². The molecular weight excluding hydrogens is 445 g/mol. The molecule has 174 valence electrons. The van der Waals surface area contributed by atoms with Crippen molar-refractivity contribution in [2.45, 2.75) is 6.92 Å². The molecule has 0 aliphatic carbocycles. The SMILES string of the molecule is Cc1cnn(C)c1C(=O)Nc1cc(Nc2ccc3c(/C=C/c4ccccn4)n[nH]c3c2)ccc1F. The minimum absolute atomic E-state index is 0.0742. The highest BCUT2D eigenvalue weighted by molar-refractivity contribution is 6.04. The maximum Gasteiger partial charge on any atom is 0.274 e. The van der Waals surface area contributed by atoms with Gasteiger partial charge in [0.2, 0.25) is 0 Å². The minimum Gasteiger partial charge on any atom is -0.355 e. The molecule has 0 atom stereocenters. The number of halogens is 1. The number of hydrogen-bond donors (Lipinski definition) is 3. The smallest absolute Gasteiger partial charge is 0.274 e. The van der Waals surface area contributed by atoms with E-state index in [1.807, 2.05) is 48.6 Å². The monoisotopic (exact) mass is 467 g/mol. The number of aromatic amines is 1. The van der Waals surface area contributed by atoms with Crippen molar-refractivity contribution in [1.29, 1.82) is 0 Å². The number of pyridine rings is 1. The number of H-pyrrole nitrogens is 1. The highest BCUT2D eigenvalue weighted by Gasteiger charge is 2.16. The molecule has 3 aromatic heterocycles. The summed E-state index contributed by atoms with van der Waals surface area (Å²) < 4.78 is 15.9. The van der Waals surface area contributed by atoms with E-state index >= 15 is 0 Å². The van der Waals surface area contributed by atoms with Crippen LogP contribution < -0.4 is 10.6 Å². The van der Waals surface area contributed by atoms with Gasteiger partial charge >= 0.3 is 0 Å². The molecule has 3 heterocycles. The first kappa shape index (κ1) is 22.0. The van der Waals surface area contributed by atoms with E-state index in [9.17, 15) is 9.18 Å². The average molecular weight is 468 g/mol. The van der Waals surface area contributed by atoms with Gasteiger partial charge in [-0.1, -0.05) is 6.07 Å². The van der Waals surface area contributed by atoms with Crippen LogP contribution in [0.4, 0.5) is 21.5 Å². The van der Waals surface area contributed by atoms with E-state index in [1.165, 1.54) is 10.7 Å². The Balaban J connectivity index is 1.34. The van der Waals surface area contributed by atoms with E-state index in [2.05, 4.69) is 30.9 Å². The van der Waals surface area contributed by atoms with Gasteiger partial charge in [0, 0.05) is 30.0 Å². The molecule has 1 amide bonds. The maximum atomic E-state index is 14.4. The van der Waals surface area contributed by atoms with Gasteiger partial charge in [-0.3, -0.25) is 19.6 Å². The summed E-state index contributed by atoms with van der Waals surface area (Å²) in [6.45, 7) is 1.78. The molecule has 3 N–H and O–H groups in total. The van der Waals surface area contributed by atoms with Crippen LogP contribution in [-0.2, 0) is 7.05 Å². The number of rotatable bonds is 6. The molecule has 9 heteroatoms. The van der Waals surface area contributed by atoms with Crippen molar-refractivity contribution in [3.8, 4) is 0 Å². The molecule has 35 heavy (non-hydrogen) atoms. The molecule has 0 bridgehead atoms. The quantitative estimate of drug-likeness (QED) is 0.314. The second-order valence-electron chi connectivity index (χ2n) is 8.03. The van der Waals surface area contributed by atoms with Gasteiger partial charge in [-0.2, -0.15) is 10.2 Å². The van der Waals surface area contributed by atoms with Crippen molar-refractivity contribution in [3.63, 3.8) is 0 Å².